The van der Waals surface area contributed by atoms with Crippen LogP contribution in [0, 0.1) is 0 Å². The van der Waals surface area contributed by atoms with Gasteiger partial charge in [0.2, 0.25) is 11.7 Å². The molecule has 1 heterocycles. The number of hydrogen-bond donors (Lipinski definition) is 1. The molecule has 0 aromatic heterocycles. The predicted octanol–water partition coefficient (Wildman–Crippen LogP) is -2.06. The van der Waals surface area contributed by atoms with Gasteiger partial charge in [-0.25, -0.2) is 10.0 Å². The highest BCUT2D eigenvalue weighted by Crippen LogP contribution is 2.38. The van der Waals surface area contributed by atoms with E-state index in [9.17, 15) is 0 Å². The standard InChI is InChI=1S/C14H20N4O3.BrH/c1-18(14-15-7-8-16-14)17-9-10-5-6-11(19-2)13(21-4)12(10)20-3;/h5-6,9H,7-8H2,1-4H3,(H,15,16);1H/p-1. The molecule has 1 aromatic rings. The lowest BCUT2D eigenvalue weighted by atomic mass is 10.2. The molecule has 0 fully saturated rings. The van der Waals surface area contributed by atoms with Crippen molar-refractivity contribution in [1.82, 2.24) is 10.3 Å². The molecule has 0 atom stereocenters. The summed E-state index contributed by atoms with van der Waals surface area (Å²) in [5.74, 6) is 2.49. The van der Waals surface area contributed by atoms with Crippen molar-refractivity contribution in [2.75, 3.05) is 41.5 Å². The second-order valence-electron chi connectivity index (χ2n) is 4.32. The molecule has 0 radical (unpaired) electrons. The van der Waals surface area contributed by atoms with E-state index in [-0.39, 0.29) is 17.0 Å². The summed E-state index contributed by atoms with van der Waals surface area (Å²) in [5, 5.41) is 9.19. The Kier molecular flexibility index (Phi) is 6.97. The van der Waals surface area contributed by atoms with Crippen molar-refractivity contribution in [3.63, 3.8) is 0 Å². The zero-order valence-electron chi connectivity index (χ0n) is 13.1. The van der Waals surface area contributed by atoms with Crippen LogP contribution in [0.15, 0.2) is 22.2 Å². The Morgan fingerprint density at radius 1 is 1.18 bits per heavy atom. The molecule has 1 aliphatic rings. The average molecular weight is 372 g/mol. The first-order chi connectivity index (χ1) is 10.2. The first-order valence-electron chi connectivity index (χ1n) is 6.56. The molecule has 1 aliphatic heterocycles. The van der Waals surface area contributed by atoms with Crippen molar-refractivity contribution in [3.8, 4) is 17.2 Å². The molecule has 0 aliphatic carbocycles. The number of ether oxygens (including phenoxy) is 3. The van der Waals surface area contributed by atoms with Gasteiger partial charge >= 0.3 is 0 Å². The average Bonchev–Trinajstić information content (AvgIpc) is 3.05. The summed E-state index contributed by atoms with van der Waals surface area (Å²) in [6, 6.07) is 3.68. The van der Waals surface area contributed by atoms with E-state index >= 15 is 0 Å². The number of guanidine groups is 1. The van der Waals surface area contributed by atoms with E-state index in [0.29, 0.717) is 17.2 Å². The smallest absolute Gasteiger partial charge is 0.214 e. The molecular formula is C14H20BrN4O3-. The van der Waals surface area contributed by atoms with Gasteiger partial charge in [-0.05, 0) is 12.1 Å². The summed E-state index contributed by atoms with van der Waals surface area (Å²) >= 11 is 0. The van der Waals surface area contributed by atoms with Gasteiger partial charge in [0.05, 0.1) is 34.1 Å². The molecule has 8 heteroatoms. The maximum absolute atomic E-state index is 5.41. The molecule has 1 aromatic carbocycles. The Bertz CT molecular complexity index is 563. The van der Waals surface area contributed by atoms with Gasteiger partial charge in [-0.2, -0.15) is 5.10 Å². The molecule has 2 rings (SSSR count). The highest BCUT2D eigenvalue weighted by atomic mass is 79.9. The summed E-state index contributed by atoms with van der Waals surface area (Å²) in [7, 11) is 6.58. The summed E-state index contributed by atoms with van der Waals surface area (Å²) < 4.78 is 16.0. The van der Waals surface area contributed by atoms with Crippen LogP contribution < -0.4 is 36.5 Å². The largest absolute Gasteiger partial charge is 1.00 e. The minimum Gasteiger partial charge on any atom is -1.00 e. The maximum atomic E-state index is 5.41. The van der Waals surface area contributed by atoms with E-state index in [2.05, 4.69) is 15.4 Å². The number of halogens is 1. The highest BCUT2D eigenvalue weighted by molar-refractivity contribution is 5.88. The summed E-state index contributed by atoms with van der Waals surface area (Å²) in [6.45, 7) is 1.61. The maximum Gasteiger partial charge on any atom is 0.214 e. The Labute approximate surface area is 140 Å². The van der Waals surface area contributed by atoms with Crippen molar-refractivity contribution in [1.29, 1.82) is 0 Å². The predicted molar refractivity (Wildman–Crippen MR) is 81.8 cm³/mol. The number of benzene rings is 1. The van der Waals surface area contributed by atoms with Gasteiger partial charge in [0.15, 0.2) is 11.5 Å². The lowest BCUT2D eigenvalue weighted by Crippen LogP contribution is -3.00. The van der Waals surface area contributed by atoms with Gasteiger partial charge in [0.1, 0.15) is 0 Å². The number of rotatable bonds is 5. The van der Waals surface area contributed by atoms with Crippen LogP contribution in [-0.2, 0) is 0 Å². The van der Waals surface area contributed by atoms with Gasteiger partial charge in [-0.15, -0.1) is 0 Å². The van der Waals surface area contributed by atoms with E-state index in [0.717, 1.165) is 24.6 Å². The van der Waals surface area contributed by atoms with E-state index in [1.54, 1.807) is 32.6 Å². The van der Waals surface area contributed by atoms with Crippen LogP contribution in [0.5, 0.6) is 17.2 Å². The Morgan fingerprint density at radius 3 is 2.45 bits per heavy atom. The third-order valence-corrected chi connectivity index (χ3v) is 3.07. The minimum absolute atomic E-state index is 0. The highest BCUT2D eigenvalue weighted by Gasteiger charge is 2.15. The van der Waals surface area contributed by atoms with Crippen LogP contribution in [0.4, 0.5) is 0 Å². The fourth-order valence-corrected chi connectivity index (χ4v) is 2.03. The van der Waals surface area contributed by atoms with Gasteiger partial charge in [0.25, 0.3) is 0 Å². The van der Waals surface area contributed by atoms with Crippen molar-refractivity contribution >= 4 is 12.2 Å². The Balaban J connectivity index is 0.00000242. The molecule has 0 saturated heterocycles. The van der Waals surface area contributed by atoms with Crippen LogP contribution in [0.1, 0.15) is 5.56 Å². The molecular weight excluding hydrogens is 352 g/mol. The number of nitrogens with one attached hydrogen (secondary N) is 1. The topological polar surface area (TPSA) is 67.7 Å². The monoisotopic (exact) mass is 371 g/mol. The Morgan fingerprint density at radius 2 is 1.91 bits per heavy atom. The summed E-state index contributed by atoms with van der Waals surface area (Å²) in [5.41, 5.74) is 0.792. The molecule has 122 valence electrons. The lowest BCUT2D eigenvalue weighted by Gasteiger charge is -2.15. The fourth-order valence-electron chi connectivity index (χ4n) is 2.03. The van der Waals surface area contributed by atoms with Gasteiger partial charge in [-0.1, -0.05) is 0 Å². The van der Waals surface area contributed by atoms with Gasteiger partial charge < -0.3 is 36.5 Å². The van der Waals surface area contributed by atoms with Crippen molar-refractivity contribution in [2.24, 2.45) is 10.1 Å². The molecule has 1 N–H and O–H groups in total. The second-order valence-corrected chi connectivity index (χ2v) is 4.32. The number of hydrogen-bond acceptors (Lipinski definition) is 7. The zero-order chi connectivity index (χ0) is 15.2. The van der Waals surface area contributed by atoms with E-state index in [4.69, 9.17) is 14.2 Å². The normalized spacial score (nSPS) is 13.2. The second kappa shape index (κ2) is 8.47. The molecule has 22 heavy (non-hydrogen) atoms. The molecule has 0 bridgehead atoms. The van der Waals surface area contributed by atoms with Crippen LogP contribution in [0.3, 0.4) is 0 Å². The first-order valence-corrected chi connectivity index (χ1v) is 6.56. The van der Waals surface area contributed by atoms with Crippen LogP contribution in [0.25, 0.3) is 0 Å². The van der Waals surface area contributed by atoms with Gasteiger partial charge in [-0.3, -0.25) is 0 Å². The summed E-state index contributed by atoms with van der Waals surface area (Å²) in [4.78, 5) is 4.29. The third kappa shape index (κ3) is 3.82. The minimum atomic E-state index is 0. The SMILES string of the molecule is COc1ccc(C=NN(C)C2=NCCN2)c(OC)c1OC.[Br-]. The number of nitrogens with zero attached hydrogens (tertiary/aromatic N) is 3. The number of aliphatic imine (C=N–C) groups is 1. The molecule has 7 nitrogen and oxygen atoms in total. The molecule has 0 amide bonds. The Hall–Kier alpha value is -1.96. The zero-order valence-corrected chi connectivity index (χ0v) is 14.7. The first kappa shape index (κ1) is 18.1. The number of hydrazone groups is 1. The lowest BCUT2D eigenvalue weighted by molar-refractivity contribution is -0.00000520. The van der Waals surface area contributed by atoms with E-state index in [1.165, 1.54) is 0 Å². The summed E-state index contributed by atoms with van der Waals surface area (Å²) in [6.07, 6.45) is 1.70. The van der Waals surface area contributed by atoms with E-state index < -0.39 is 0 Å². The number of methoxy groups -OCH3 is 3. The molecule has 0 spiro atoms. The fraction of sp³-hybridized carbons (Fsp3) is 0.429. The van der Waals surface area contributed by atoms with Crippen molar-refractivity contribution in [2.45, 2.75) is 0 Å². The quantitative estimate of drug-likeness (QED) is 0.476. The van der Waals surface area contributed by atoms with Crippen LogP contribution >= 0.6 is 0 Å². The van der Waals surface area contributed by atoms with Crippen molar-refractivity contribution < 1.29 is 31.2 Å². The third-order valence-electron chi connectivity index (χ3n) is 3.07. The van der Waals surface area contributed by atoms with Crippen LogP contribution in [-0.4, -0.2) is 58.6 Å². The van der Waals surface area contributed by atoms with E-state index in [1.807, 2.05) is 19.2 Å². The molecule has 0 unspecified atom stereocenters. The van der Waals surface area contributed by atoms with Crippen molar-refractivity contribution in [3.05, 3.63) is 17.7 Å². The van der Waals surface area contributed by atoms with Crippen LogP contribution in [0.2, 0.25) is 0 Å². The van der Waals surface area contributed by atoms with Gasteiger partial charge in [0, 0.05) is 19.2 Å². The molecule has 0 saturated carbocycles.